The summed E-state index contributed by atoms with van der Waals surface area (Å²) in [7, 11) is 1.64. The van der Waals surface area contributed by atoms with Crippen LogP contribution < -0.4 is 15.4 Å². The lowest BCUT2D eigenvalue weighted by Gasteiger charge is -2.32. The quantitative estimate of drug-likeness (QED) is 0.487. The number of nitrogens with zero attached hydrogens (tertiary/aromatic N) is 1. The summed E-state index contributed by atoms with van der Waals surface area (Å²) in [5.41, 5.74) is 2.11. The smallest absolute Gasteiger partial charge is 0.315 e. The number of hydrogen-bond acceptors (Lipinski definition) is 4. The number of fused-ring (bicyclic) bond motifs is 1. The molecule has 1 saturated carbocycles. The number of amides is 2. The molecule has 2 amide bonds. The summed E-state index contributed by atoms with van der Waals surface area (Å²) in [6.07, 6.45) is 3.32. The SMILES string of the molecule is COc1ccc(CC(C)(NC(=O)NC2CCC(O)CC2)c2nc3ccccc3[nH]2)cc1. The molecule has 0 radical (unpaired) electrons. The molecule has 7 nitrogen and oxygen atoms in total. The molecule has 3 aromatic rings. The molecule has 2 aromatic carbocycles. The number of aromatic amines is 1. The van der Waals surface area contributed by atoms with E-state index in [0.29, 0.717) is 12.2 Å². The highest BCUT2D eigenvalue weighted by Gasteiger charge is 2.33. The lowest BCUT2D eigenvalue weighted by Crippen LogP contribution is -2.53. The molecule has 1 unspecified atom stereocenters. The van der Waals surface area contributed by atoms with E-state index in [9.17, 15) is 9.90 Å². The van der Waals surface area contributed by atoms with Crippen molar-refractivity contribution < 1.29 is 14.6 Å². The number of H-pyrrole nitrogens is 1. The van der Waals surface area contributed by atoms with E-state index < -0.39 is 5.54 Å². The number of nitrogens with one attached hydrogen (secondary N) is 3. The van der Waals surface area contributed by atoms with Crippen molar-refractivity contribution in [1.82, 2.24) is 20.6 Å². The Hall–Kier alpha value is -3.06. The van der Waals surface area contributed by atoms with Crippen LogP contribution in [0.25, 0.3) is 11.0 Å². The second-order valence-electron chi connectivity index (χ2n) is 8.56. The summed E-state index contributed by atoms with van der Waals surface area (Å²) in [5, 5.41) is 16.0. The van der Waals surface area contributed by atoms with Gasteiger partial charge in [0.25, 0.3) is 0 Å². The highest BCUT2D eigenvalue weighted by atomic mass is 16.5. The first-order valence-corrected chi connectivity index (χ1v) is 10.8. The fourth-order valence-electron chi connectivity index (χ4n) is 4.25. The number of methoxy groups -OCH3 is 1. The molecule has 1 aliphatic carbocycles. The average Bonchev–Trinajstić information content (AvgIpc) is 3.21. The number of benzene rings is 2. The fraction of sp³-hybridized carbons (Fsp3) is 0.417. The van der Waals surface area contributed by atoms with Gasteiger partial charge >= 0.3 is 6.03 Å². The van der Waals surface area contributed by atoms with E-state index in [1.165, 1.54) is 0 Å². The van der Waals surface area contributed by atoms with E-state index in [2.05, 4.69) is 15.6 Å². The van der Waals surface area contributed by atoms with Crippen LogP contribution >= 0.6 is 0 Å². The third kappa shape index (κ3) is 4.99. The Balaban J connectivity index is 1.57. The van der Waals surface area contributed by atoms with Crippen LogP contribution in [0.5, 0.6) is 5.75 Å². The Morgan fingerprint density at radius 1 is 1.16 bits per heavy atom. The minimum Gasteiger partial charge on any atom is -0.497 e. The largest absolute Gasteiger partial charge is 0.497 e. The third-order valence-corrected chi connectivity index (χ3v) is 6.05. The van der Waals surface area contributed by atoms with Crippen LogP contribution in [0.1, 0.15) is 44.0 Å². The highest BCUT2D eigenvalue weighted by Crippen LogP contribution is 2.27. The van der Waals surface area contributed by atoms with Crippen LogP contribution in [0, 0.1) is 0 Å². The molecular formula is C24H30N4O3. The lowest BCUT2D eigenvalue weighted by molar-refractivity contribution is 0.117. The zero-order chi connectivity index (χ0) is 21.8. The molecular weight excluding hydrogens is 392 g/mol. The monoisotopic (exact) mass is 422 g/mol. The maximum atomic E-state index is 12.9. The van der Waals surface area contributed by atoms with Gasteiger partial charge in [-0.3, -0.25) is 0 Å². The van der Waals surface area contributed by atoms with Crippen molar-refractivity contribution in [1.29, 1.82) is 0 Å². The molecule has 31 heavy (non-hydrogen) atoms. The number of aromatic nitrogens is 2. The van der Waals surface area contributed by atoms with E-state index in [-0.39, 0.29) is 18.2 Å². The van der Waals surface area contributed by atoms with Crippen LogP contribution in [0.3, 0.4) is 0 Å². The van der Waals surface area contributed by atoms with E-state index >= 15 is 0 Å². The van der Waals surface area contributed by atoms with E-state index in [1.807, 2.05) is 55.5 Å². The van der Waals surface area contributed by atoms with Gasteiger partial charge < -0.3 is 25.5 Å². The molecule has 4 N–H and O–H groups in total. The van der Waals surface area contributed by atoms with Crippen LogP contribution in [0.15, 0.2) is 48.5 Å². The molecule has 1 atom stereocenters. The predicted molar refractivity (Wildman–Crippen MR) is 120 cm³/mol. The number of rotatable bonds is 6. The summed E-state index contributed by atoms with van der Waals surface area (Å²) in [5.74, 6) is 1.50. The summed E-state index contributed by atoms with van der Waals surface area (Å²) >= 11 is 0. The van der Waals surface area contributed by atoms with Gasteiger partial charge in [0.2, 0.25) is 0 Å². The molecule has 0 bridgehead atoms. The average molecular weight is 423 g/mol. The van der Waals surface area contributed by atoms with Gasteiger partial charge in [-0.15, -0.1) is 0 Å². The summed E-state index contributed by atoms with van der Waals surface area (Å²) in [6.45, 7) is 1.99. The maximum absolute atomic E-state index is 12.9. The number of para-hydroxylation sites is 2. The molecule has 7 heteroatoms. The van der Waals surface area contributed by atoms with Gasteiger partial charge in [0.1, 0.15) is 17.1 Å². The normalized spacial score (nSPS) is 20.7. The lowest BCUT2D eigenvalue weighted by atomic mass is 9.91. The summed E-state index contributed by atoms with van der Waals surface area (Å²) in [6, 6.07) is 15.5. The van der Waals surface area contributed by atoms with Crippen molar-refractivity contribution in [2.24, 2.45) is 0 Å². The van der Waals surface area contributed by atoms with Gasteiger partial charge in [-0.05, 0) is 62.4 Å². The number of urea groups is 1. The standard InChI is InChI=1S/C24H30N4O3/c1-24(15-16-7-13-19(31-2)14-8-16,22-26-20-5-3-4-6-21(20)27-22)28-23(30)25-17-9-11-18(29)12-10-17/h3-8,13-14,17-18,29H,9-12,15H2,1-2H3,(H,26,27)(H2,25,28,30). The van der Waals surface area contributed by atoms with Gasteiger partial charge in [-0.25, -0.2) is 9.78 Å². The van der Waals surface area contributed by atoms with Crippen molar-refractivity contribution in [2.75, 3.05) is 7.11 Å². The third-order valence-electron chi connectivity index (χ3n) is 6.05. The van der Waals surface area contributed by atoms with Crippen LogP contribution in [-0.4, -0.2) is 40.4 Å². The minimum absolute atomic E-state index is 0.0734. The zero-order valence-electron chi connectivity index (χ0n) is 18.0. The minimum atomic E-state index is -0.744. The number of carbonyl (C=O) groups excluding carboxylic acids is 1. The molecule has 0 aliphatic heterocycles. The van der Waals surface area contributed by atoms with Crippen molar-refractivity contribution in [3.63, 3.8) is 0 Å². The Bertz CT molecular complexity index is 992. The molecule has 1 heterocycles. The van der Waals surface area contributed by atoms with Crippen molar-refractivity contribution in [3.05, 3.63) is 59.9 Å². The van der Waals surface area contributed by atoms with E-state index in [4.69, 9.17) is 9.72 Å². The molecule has 1 aliphatic rings. The molecule has 0 saturated heterocycles. The second-order valence-corrected chi connectivity index (χ2v) is 8.56. The number of ether oxygens (including phenoxy) is 1. The van der Waals surface area contributed by atoms with Crippen molar-refractivity contribution in [3.8, 4) is 5.75 Å². The van der Waals surface area contributed by atoms with Gasteiger partial charge in [0, 0.05) is 12.5 Å². The Morgan fingerprint density at radius 2 is 1.87 bits per heavy atom. The molecule has 0 spiro atoms. The Morgan fingerprint density at radius 3 is 2.55 bits per heavy atom. The molecule has 4 rings (SSSR count). The van der Waals surface area contributed by atoms with Gasteiger partial charge in [-0.2, -0.15) is 0 Å². The summed E-state index contributed by atoms with van der Waals surface area (Å²) < 4.78 is 5.26. The van der Waals surface area contributed by atoms with Crippen LogP contribution in [0.4, 0.5) is 4.79 Å². The van der Waals surface area contributed by atoms with Crippen molar-refractivity contribution in [2.45, 2.75) is 56.7 Å². The molecule has 164 valence electrons. The molecule has 1 aromatic heterocycles. The van der Waals surface area contributed by atoms with Gasteiger partial charge in [0.05, 0.1) is 24.2 Å². The van der Waals surface area contributed by atoms with Gasteiger partial charge in [0.15, 0.2) is 0 Å². The first-order valence-electron chi connectivity index (χ1n) is 10.8. The van der Waals surface area contributed by atoms with E-state index in [1.54, 1.807) is 7.11 Å². The van der Waals surface area contributed by atoms with Crippen LogP contribution in [0.2, 0.25) is 0 Å². The fourth-order valence-corrected chi connectivity index (χ4v) is 4.25. The summed E-state index contributed by atoms with van der Waals surface area (Å²) in [4.78, 5) is 21.1. The van der Waals surface area contributed by atoms with Crippen LogP contribution in [-0.2, 0) is 12.0 Å². The highest BCUT2D eigenvalue weighted by molar-refractivity contribution is 5.77. The van der Waals surface area contributed by atoms with Gasteiger partial charge in [-0.1, -0.05) is 24.3 Å². The Labute approximate surface area is 182 Å². The number of aliphatic hydroxyl groups is 1. The Kier molecular flexibility index (Phi) is 6.13. The number of carbonyl (C=O) groups is 1. The maximum Gasteiger partial charge on any atom is 0.315 e. The first-order chi connectivity index (χ1) is 14.9. The number of imidazole rings is 1. The van der Waals surface area contributed by atoms with Crippen molar-refractivity contribution >= 4 is 17.1 Å². The topological polar surface area (TPSA) is 99.3 Å². The van der Waals surface area contributed by atoms with E-state index in [0.717, 1.165) is 48.0 Å². The number of aliphatic hydroxyl groups excluding tert-OH is 1. The number of hydrogen-bond donors (Lipinski definition) is 4. The predicted octanol–water partition coefficient (Wildman–Crippen LogP) is 3.63. The zero-order valence-corrected chi connectivity index (χ0v) is 18.0. The second kappa shape index (κ2) is 8.98. The molecule has 1 fully saturated rings. The first kappa shape index (κ1) is 21.2.